The van der Waals surface area contributed by atoms with E-state index in [1.54, 1.807) is 45.6 Å². The van der Waals surface area contributed by atoms with Crippen molar-refractivity contribution < 1.29 is 19.0 Å². The van der Waals surface area contributed by atoms with Crippen LogP contribution in [0, 0.1) is 0 Å². The zero-order valence-corrected chi connectivity index (χ0v) is 16.2. The minimum atomic E-state index is -0.274. The molecule has 0 aliphatic carbocycles. The summed E-state index contributed by atoms with van der Waals surface area (Å²) in [6.45, 7) is 0. The lowest BCUT2D eigenvalue weighted by Gasteiger charge is -2.06. The van der Waals surface area contributed by atoms with Gasteiger partial charge in [0, 0.05) is 16.6 Å². The lowest BCUT2D eigenvalue weighted by atomic mass is 10.2. The number of fused-ring (bicyclic) bond motifs is 1. The first kappa shape index (κ1) is 17.5. The molecule has 1 heterocycles. The second-order valence-electron chi connectivity index (χ2n) is 4.99. The molecule has 0 atom stereocenters. The van der Waals surface area contributed by atoms with Crippen LogP contribution < -0.4 is 19.5 Å². The highest BCUT2D eigenvalue weighted by Crippen LogP contribution is 2.36. The Bertz CT molecular complexity index is 901. The Morgan fingerprint density at radius 1 is 1.08 bits per heavy atom. The van der Waals surface area contributed by atoms with Crippen LogP contribution in [0.25, 0.3) is 10.2 Å². The van der Waals surface area contributed by atoms with E-state index >= 15 is 0 Å². The molecular formula is C17H15BrN2O4S. The molecule has 0 aliphatic heterocycles. The van der Waals surface area contributed by atoms with E-state index in [1.807, 2.05) is 6.07 Å². The molecule has 0 bridgehead atoms. The van der Waals surface area contributed by atoms with E-state index in [0.29, 0.717) is 32.4 Å². The number of anilines is 1. The normalized spacial score (nSPS) is 10.6. The van der Waals surface area contributed by atoms with E-state index in [4.69, 9.17) is 14.2 Å². The Morgan fingerprint density at radius 3 is 2.48 bits per heavy atom. The number of nitrogens with one attached hydrogen (secondary N) is 1. The number of methoxy groups -OCH3 is 3. The van der Waals surface area contributed by atoms with Crippen LogP contribution in [0.4, 0.5) is 5.13 Å². The molecule has 130 valence electrons. The number of amides is 1. The van der Waals surface area contributed by atoms with Crippen molar-refractivity contribution in [2.24, 2.45) is 0 Å². The number of ether oxygens (including phenoxy) is 3. The largest absolute Gasteiger partial charge is 0.497 e. The molecule has 0 saturated heterocycles. The summed E-state index contributed by atoms with van der Waals surface area (Å²) in [6, 6.07) is 8.82. The van der Waals surface area contributed by atoms with Crippen LogP contribution in [0.15, 0.2) is 34.8 Å². The zero-order chi connectivity index (χ0) is 18.0. The third-order valence-electron chi connectivity index (χ3n) is 3.53. The van der Waals surface area contributed by atoms with Crippen molar-refractivity contribution in [3.63, 3.8) is 0 Å². The van der Waals surface area contributed by atoms with Gasteiger partial charge in [-0.1, -0.05) is 11.3 Å². The predicted molar refractivity (Wildman–Crippen MR) is 101 cm³/mol. The van der Waals surface area contributed by atoms with Crippen LogP contribution in [0.2, 0.25) is 0 Å². The molecule has 8 heteroatoms. The zero-order valence-electron chi connectivity index (χ0n) is 13.8. The molecular weight excluding hydrogens is 408 g/mol. The fourth-order valence-electron chi connectivity index (χ4n) is 2.28. The highest BCUT2D eigenvalue weighted by Gasteiger charge is 2.15. The van der Waals surface area contributed by atoms with Crippen LogP contribution in [0.3, 0.4) is 0 Å². The Balaban J connectivity index is 1.91. The second kappa shape index (κ2) is 7.28. The standard InChI is InChI=1S/C17H15BrN2O4S/c1-22-9-4-5-11(18)10(6-9)16(21)20-17-19-12-7-13(23-2)14(24-3)8-15(12)25-17/h4-8H,1-3H3,(H,19,20,21). The van der Waals surface area contributed by atoms with Gasteiger partial charge in [-0.15, -0.1) is 0 Å². The minimum absolute atomic E-state index is 0.274. The summed E-state index contributed by atoms with van der Waals surface area (Å²) < 4.78 is 17.3. The minimum Gasteiger partial charge on any atom is -0.497 e. The van der Waals surface area contributed by atoms with E-state index in [-0.39, 0.29) is 5.91 Å². The average Bonchev–Trinajstić information content (AvgIpc) is 3.01. The lowest BCUT2D eigenvalue weighted by molar-refractivity contribution is 0.102. The average molecular weight is 423 g/mol. The fourth-order valence-corrected chi connectivity index (χ4v) is 3.58. The van der Waals surface area contributed by atoms with Gasteiger partial charge in [-0.25, -0.2) is 4.98 Å². The van der Waals surface area contributed by atoms with Gasteiger partial charge >= 0.3 is 0 Å². The molecule has 2 aromatic carbocycles. The number of benzene rings is 2. The molecule has 1 N–H and O–H groups in total. The third kappa shape index (κ3) is 3.54. The number of aromatic nitrogens is 1. The van der Waals surface area contributed by atoms with Gasteiger partial charge in [0.1, 0.15) is 5.75 Å². The van der Waals surface area contributed by atoms with Crippen molar-refractivity contribution in [1.82, 2.24) is 4.98 Å². The molecule has 3 rings (SSSR count). The molecule has 0 aliphatic rings. The van der Waals surface area contributed by atoms with Gasteiger partial charge in [0.2, 0.25) is 0 Å². The Labute approximate surface area is 156 Å². The van der Waals surface area contributed by atoms with Crippen LogP contribution in [-0.4, -0.2) is 32.2 Å². The van der Waals surface area contributed by atoms with Crippen LogP contribution in [0.5, 0.6) is 17.2 Å². The molecule has 25 heavy (non-hydrogen) atoms. The maximum atomic E-state index is 12.5. The van der Waals surface area contributed by atoms with Gasteiger partial charge in [0.15, 0.2) is 16.6 Å². The second-order valence-corrected chi connectivity index (χ2v) is 6.88. The summed E-state index contributed by atoms with van der Waals surface area (Å²) in [7, 11) is 4.70. The van der Waals surface area contributed by atoms with Gasteiger partial charge < -0.3 is 14.2 Å². The van der Waals surface area contributed by atoms with E-state index in [9.17, 15) is 4.79 Å². The first-order chi connectivity index (χ1) is 12.0. The highest BCUT2D eigenvalue weighted by atomic mass is 79.9. The topological polar surface area (TPSA) is 69.7 Å². The van der Waals surface area contributed by atoms with Crippen molar-refractivity contribution in [3.05, 3.63) is 40.4 Å². The van der Waals surface area contributed by atoms with E-state index in [0.717, 1.165) is 10.2 Å². The summed E-state index contributed by atoms with van der Waals surface area (Å²) in [6.07, 6.45) is 0. The SMILES string of the molecule is COc1ccc(Br)c(C(=O)Nc2nc3cc(OC)c(OC)cc3s2)c1. The van der Waals surface area contributed by atoms with Crippen molar-refractivity contribution >= 4 is 48.5 Å². The van der Waals surface area contributed by atoms with Crippen LogP contribution in [-0.2, 0) is 0 Å². The number of hydrogen-bond donors (Lipinski definition) is 1. The van der Waals surface area contributed by atoms with Crippen LogP contribution >= 0.6 is 27.3 Å². The van der Waals surface area contributed by atoms with Gasteiger partial charge in [-0.2, -0.15) is 0 Å². The molecule has 1 amide bonds. The number of carbonyl (C=O) groups is 1. The molecule has 0 saturated carbocycles. The summed E-state index contributed by atoms with van der Waals surface area (Å²) in [5.41, 5.74) is 1.19. The monoisotopic (exact) mass is 422 g/mol. The molecule has 0 fully saturated rings. The third-order valence-corrected chi connectivity index (χ3v) is 5.16. The van der Waals surface area contributed by atoms with Gasteiger partial charge in [-0.05, 0) is 34.1 Å². The summed E-state index contributed by atoms with van der Waals surface area (Å²) >= 11 is 4.74. The molecule has 3 aromatic rings. The summed E-state index contributed by atoms with van der Waals surface area (Å²) in [5, 5.41) is 3.31. The number of carbonyl (C=O) groups excluding carboxylic acids is 1. The van der Waals surface area contributed by atoms with E-state index in [1.165, 1.54) is 11.3 Å². The molecule has 1 aromatic heterocycles. The fraction of sp³-hybridized carbons (Fsp3) is 0.176. The molecule has 0 spiro atoms. The van der Waals surface area contributed by atoms with Crippen molar-refractivity contribution in [3.8, 4) is 17.2 Å². The number of halogens is 1. The van der Waals surface area contributed by atoms with Gasteiger partial charge in [0.25, 0.3) is 5.91 Å². The van der Waals surface area contributed by atoms with Crippen LogP contribution in [0.1, 0.15) is 10.4 Å². The highest BCUT2D eigenvalue weighted by molar-refractivity contribution is 9.10. The predicted octanol–water partition coefficient (Wildman–Crippen LogP) is 4.34. The maximum Gasteiger partial charge on any atom is 0.258 e. The maximum absolute atomic E-state index is 12.5. The molecule has 6 nitrogen and oxygen atoms in total. The number of hydrogen-bond acceptors (Lipinski definition) is 6. The number of rotatable bonds is 5. The summed E-state index contributed by atoms with van der Waals surface area (Å²) in [4.78, 5) is 17.0. The van der Waals surface area contributed by atoms with E-state index in [2.05, 4.69) is 26.2 Å². The Morgan fingerprint density at radius 2 is 1.80 bits per heavy atom. The Hall–Kier alpha value is -2.32. The van der Waals surface area contributed by atoms with Crippen molar-refractivity contribution in [1.29, 1.82) is 0 Å². The van der Waals surface area contributed by atoms with Crippen molar-refractivity contribution in [2.45, 2.75) is 0 Å². The Kier molecular flexibility index (Phi) is 5.10. The first-order valence-electron chi connectivity index (χ1n) is 7.23. The number of thiazole rings is 1. The van der Waals surface area contributed by atoms with Gasteiger partial charge in [-0.3, -0.25) is 10.1 Å². The van der Waals surface area contributed by atoms with E-state index < -0.39 is 0 Å². The smallest absolute Gasteiger partial charge is 0.258 e. The molecule has 0 radical (unpaired) electrons. The first-order valence-corrected chi connectivity index (χ1v) is 8.84. The van der Waals surface area contributed by atoms with Crippen molar-refractivity contribution in [2.75, 3.05) is 26.6 Å². The number of nitrogens with zero attached hydrogens (tertiary/aromatic N) is 1. The lowest BCUT2D eigenvalue weighted by Crippen LogP contribution is -2.12. The quantitative estimate of drug-likeness (QED) is 0.662. The summed E-state index contributed by atoms with van der Waals surface area (Å²) in [5.74, 6) is 1.54. The molecule has 0 unspecified atom stereocenters. The van der Waals surface area contributed by atoms with Gasteiger partial charge in [0.05, 0.1) is 37.1 Å².